The molecule has 1 aliphatic carbocycles. The van der Waals surface area contributed by atoms with E-state index in [1.54, 1.807) is 0 Å². The van der Waals surface area contributed by atoms with Crippen LogP contribution in [0.3, 0.4) is 0 Å². The van der Waals surface area contributed by atoms with E-state index in [0.29, 0.717) is 12.1 Å². The van der Waals surface area contributed by atoms with E-state index in [1.165, 1.54) is 0 Å². The largest absolute Gasteiger partial charge is 0.380 e. The minimum atomic E-state index is -0.215. The average Bonchev–Trinajstić information content (AvgIpc) is 2.29. The van der Waals surface area contributed by atoms with Crippen molar-refractivity contribution in [3.63, 3.8) is 0 Å². The highest BCUT2D eigenvalue weighted by atomic mass is 16.6. The van der Waals surface area contributed by atoms with E-state index in [1.807, 2.05) is 6.08 Å². The fourth-order valence-corrected chi connectivity index (χ4v) is 2.31. The van der Waals surface area contributed by atoms with Crippen LogP contribution in [-0.4, -0.2) is 11.0 Å². The second-order valence-electron chi connectivity index (χ2n) is 6.46. The smallest absolute Gasteiger partial charge is 0.265 e. The Balaban J connectivity index is 3.03. The van der Waals surface area contributed by atoms with Crippen molar-refractivity contribution >= 4 is 0 Å². The third-order valence-electron chi connectivity index (χ3n) is 4.03. The van der Waals surface area contributed by atoms with Gasteiger partial charge in [0, 0.05) is 18.4 Å². The van der Waals surface area contributed by atoms with Crippen molar-refractivity contribution in [2.75, 3.05) is 0 Å². The van der Waals surface area contributed by atoms with Crippen LogP contribution < -0.4 is 5.32 Å². The van der Waals surface area contributed by atoms with Crippen molar-refractivity contribution in [2.45, 2.75) is 59.4 Å². The molecule has 2 unspecified atom stereocenters. The van der Waals surface area contributed by atoms with Gasteiger partial charge in [-0.1, -0.05) is 26.8 Å². The molecule has 0 aliphatic heterocycles. The van der Waals surface area contributed by atoms with Gasteiger partial charge in [-0.15, -0.1) is 6.58 Å². The summed E-state index contributed by atoms with van der Waals surface area (Å²) in [7, 11) is 0. The Kier molecular flexibility index (Phi) is 5.15. The molecule has 0 heterocycles. The predicted octanol–water partition coefficient (Wildman–Crippen LogP) is 3.88. The first-order chi connectivity index (χ1) is 8.77. The summed E-state index contributed by atoms with van der Waals surface area (Å²) in [5.41, 5.74) is 1.28. The summed E-state index contributed by atoms with van der Waals surface area (Å²) in [4.78, 5) is 11.0. The molecule has 108 valence electrons. The zero-order valence-electron chi connectivity index (χ0n) is 12.5. The second kappa shape index (κ2) is 6.22. The van der Waals surface area contributed by atoms with Gasteiger partial charge in [-0.3, -0.25) is 10.1 Å². The molecule has 4 nitrogen and oxygen atoms in total. The molecule has 19 heavy (non-hydrogen) atoms. The Morgan fingerprint density at radius 3 is 2.68 bits per heavy atom. The maximum absolute atomic E-state index is 11.2. The Labute approximate surface area is 116 Å². The molecule has 0 fully saturated rings. The van der Waals surface area contributed by atoms with Gasteiger partial charge in [0.25, 0.3) is 5.70 Å². The lowest BCUT2D eigenvalue weighted by atomic mass is 9.84. The molecule has 0 saturated heterocycles. The highest BCUT2D eigenvalue weighted by molar-refractivity contribution is 5.15. The second-order valence-corrected chi connectivity index (χ2v) is 6.46. The van der Waals surface area contributed by atoms with E-state index in [9.17, 15) is 10.1 Å². The van der Waals surface area contributed by atoms with Crippen LogP contribution in [0.2, 0.25) is 0 Å². The summed E-state index contributed by atoms with van der Waals surface area (Å²) >= 11 is 0. The SMILES string of the molecule is C=CCC1CCCC([N+](=O)[O-])=C1NC(C)C(C)(C)C. The van der Waals surface area contributed by atoms with E-state index >= 15 is 0 Å². The normalized spacial score (nSPS) is 22.0. The maximum Gasteiger partial charge on any atom is 0.265 e. The molecule has 4 heteroatoms. The van der Waals surface area contributed by atoms with Crippen LogP contribution in [-0.2, 0) is 0 Å². The van der Waals surface area contributed by atoms with Crippen molar-refractivity contribution in [3.8, 4) is 0 Å². The first-order valence-corrected chi connectivity index (χ1v) is 7.02. The molecule has 0 saturated carbocycles. The van der Waals surface area contributed by atoms with Gasteiger partial charge in [0.1, 0.15) is 0 Å². The molecule has 1 aliphatic rings. The Morgan fingerprint density at radius 2 is 2.21 bits per heavy atom. The molecule has 0 spiro atoms. The molecule has 2 atom stereocenters. The quantitative estimate of drug-likeness (QED) is 0.467. The Hall–Kier alpha value is -1.32. The number of rotatable bonds is 5. The predicted molar refractivity (Wildman–Crippen MR) is 78.2 cm³/mol. The van der Waals surface area contributed by atoms with Crippen molar-refractivity contribution < 1.29 is 4.92 Å². The molecule has 0 aromatic carbocycles. The minimum Gasteiger partial charge on any atom is -0.380 e. The maximum atomic E-state index is 11.2. The lowest BCUT2D eigenvalue weighted by Gasteiger charge is -2.33. The van der Waals surface area contributed by atoms with Crippen LogP contribution in [0.15, 0.2) is 24.0 Å². The molecule has 0 amide bonds. The summed E-state index contributed by atoms with van der Waals surface area (Å²) in [6.45, 7) is 12.3. The first-order valence-electron chi connectivity index (χ1n) is 7.02. The number of nitrogens with one attached hydrogen (secondary N) is 1. The number of nitrogens with zero attached hydrogens (tertiary/aromatic N) is 1. The number of nitro groups is 1. The average molecular weight is 266 g/mol. The lowest BCUT2D eigenvalue weighted by molar-refractivity contribution is -0.431. The van der Waals surface area contributed by atoms with Crippen LogP contribution in [0.4, 0.5) is 0 Å². The van der Waals surface area contributed by atoms with E-state index < -0.39 is 0 Å². The van der Waals surface area contributed by atoms with E-state index in [-0.39, 0.29) is 22.3 Å². The molecule has 0 radical (unpaired) electrons. The minimum absolute atomic E-state index is 0.0743. The molecule has 1 rings (SSSR count). The number of allylic oxidation sites excluding steroid dienone is 3. The van der Waals surface area contributed by atoms with Crippen LogP contribution in [0, 0.1) is 21.4 Å². The van der Waals surface area contributed by atoms with Gasteiger partial charge < -0.3 is 5.32 Å². The summed E-state index contributed by atoms with van der Waals surface area (Å²) in [5, 5.41) is 14.6. The first kappa shape index (κ1) is 15.7. The third-order valence-corrected chi connectivity index (χ3v) is 4.03. The van der Waals surface area contributed by atoms with E-state index in [0.717, 1.165) is 25.0 Å². The standard InChI is InChI=1S/C15H26N2O2/c1-6-8-12-9-7-10-13(17(18)19)14(12)16-11(2)15(3,4)5/h6,11-12,16H,1,7-10H2,2-5H3. The third kappa shape index (κ3) is 4.08. The van der Waals surface area contributed by atoms with Crippen LogP contribution >= 0.6 is 0 Å². The van der Waals surface area contributed by atoms with Gasteiger partial charge >= 0.3 is 0 Å². The zero-order valence-corrected chi connectivity index (χ0v) is 12.5. The summed E-state index contributed by atoms with van der Waals surface area (Å²) in [6.07, 6.45) is 5.12. The van der Waals surface area contributed by atoms with E-state index in [4.69, 9.17) is 0 Å². The number of hydrogen-bond donors (Lipinski definition) is 1. The summed E-state index contributed by atoms with van der Waals surface area (Å²) in [5.74, 6) is 0.219. The van der Waals surface area contributed by atoms with Gasteiger partial charge in [-0.25, -0.2) is 0 Å². The van der Waals surface area contributed by atoms with Gasteiger partial charge in [0.15, 0.2) is 0 Å². The lowest BCUT2D eigenvalue weighted by Crippen LogP contribution is -2.40. The van der Waals surface area contributed by atoms with Crippen molar-refractivity contribution in [2.24, 2.45) is 11.3 Å². The van der Waals surface area contributed by atoms with Crippen LogP contribution in [0.1, 0.15) is 53.4 Å². The molecule has 1 N–H and O–H groups in total. The Bertz CT molecular complexity index is 380. The fraction of sp³-hybridized carbons (Fsp3) is 0.733. The van der Waals surface area contributed by atoms with Crippen molar-refractivity contribution in [1.82, 2.24) is 5.32 Å². The Morgan fingerprint density at radius 1 is 1.58 bits per heavy atom. The fourth-order valence-electron chi connectivity index (χ4n) is 2.31. The highest BCUT2D eigenvalue weighted by Crippen LogP contribution is 2.33. The number of hydrogen-bond acceptors (Lipinski definition) is 3. The van der Waals surface area contributed by atoms with Crippen LogP contribution in [0.25, 0.3) is 0 Å². The summed E-state index contributed by atoms with van der Waals surface area (Å²) in [6, 6.07) is 0.197. The van der Waals surface area contributed by atoms with Gasteiger partial charge in [0.05, 0.1) is 10.6 Å². The van der Waals surface area contributed by atoms with Gasteiger partial charge in [-0.2, -0.15) is 0 Å². The van der Waals surface area contributed by atoms with Crippen molar-refractivity contribution in [1.29, 1.82) is 0 Å². The highest BCUT2D eigenvalue weighted by Gasteiger charge is 2.32. The molecule has 0 aromatic rings. The molecular formula is C15H26N2O2. The molecule has 0 aromatic heterocycles. The van der Waals surface area contributed by atoms with E-state index in [2.05, 4.69) is 39.6 Å². The van der Waals surface area contributed by atoms with Crippen molar-refractivity contribution in [3.05, 3.63) is 34.2 Å². The zero-order chi connectivity index (χ0) is 14.6. The van der Waals surface area contributed by atoms with Crippen LogP contribution in [0.5, 0.6) is 0 Å². The molecule has 0 bridgehead atoms. The molecular weight excluding hydrogens is 240 g/mol. The van der Waals surface area contributed by atoms with Gasteiger partial charge in [0.2, 0.25) is 0 Å². The topological polar surface area (TPSA) is 55.2 Å². The monoisotopic (exact) mass is 266 g/mol. The summed E-state index contributed by atoms with van der Waals surface area (Å²) < 4.78 is 0. The van der Waals surface area contributed by atoms with Gasteiger partial charge in [-0.05, 0) is 31.6 Å².